The van der Waals surface area contributed by atoms with Crippen LogP contribution < -0.4 is 5.32 Å². The number of esters is 1. The number of methoxy groups -OCH3 is 1. The summed E-state index contributed by atoms with van der Waals surface area (Å²) in [6.07, 6.45) is 3.37. The van der Waals surface area contributed by atoms with Crippen LogP contribution in [0.1, 0.15) is 25.8 Å². The molecule has 0 spiro atoms. The van der Waals surface area contributed by atoms with Crippen LogP contribution in [0.3, 0.4) is 0 Å². The van der Waals surface area contributed by atoms with Crippen molar-refractivity contribution in [3.8, 4) is 0 Å². The van der Waals surface area contributed by atoms with Gasteiger partial charge < -0.3 is 10.1 Å². The van der Waals surface area contributed by atoms with E-state index < -0.39 is 17.9 Å². The molecule has 1 rings (SSSR count). The molecule has 0 saturated carbocycles. The van der Waals surface area contributed by atoms with E-state index in [1.807, 2.05) is 13.8 Å². The van der Waals surface area contributed by atoms with Crippen molar-refractivity contribution in [3.05, 3.63) is 41.7 Å². The third-order valence-corrected chi connectivity index (χ3v) is 2.81. The van der Waals surface area contributed by atoms with Gasteiger partial charge in [0.1, 0.15) is 11.9 Å². The number of benzene rings is 1. The molecule has 5 heteroatoms. The van der Waals surface area contributed by atoms with Gasteiger partial charge in [-0.2, -0.15) is 0 Å². The monoisotopic (exact) mass is 293 g/mol. The molecule has 1 aromatic rings. The zero-order valence-electron chi connectivity index (χ0n) is 12.4. The van der Waals surface area contributed by atoms with E-state index in [1.165, 1.54) is 25.3 Å². The van der Waals surface area contributed by atoms with Gasteiger partial charge >= 0.3 is 5.97 Å². The number of halogens is 1. The largest absolute Gasteiger partial charge is 0.467 e. The molecule has 0 aliphatic rings. The van der Waals surface area contributed by atoms with Crippen LogP contribution in [0.5, 0.6) is 0 Å². The van der Waals surface area contributed by atoms with Gasteiger partial charge in [0, 0.05) is 6.08 Å². The van der Waals surface area contributed by atoms with Crippen LogP contribution in [-0.4, -0.2) is 25.0 Å². The lowest BCUT2D eigenvalue weighted by Crippen LogP contribution is -2.41. The normalized spacial score (nSPS) is 12.4. The van der Waals surface area contributed by atoms with E-state index in [1.54, 1.807) is 18.2 Å². The van der Waals surface area contributed by atoms with Crippen LogP contribution in [-0.2, 0) is 14.3 Å². The molecule has 1 amide bonds. The number of hydrogen-bond acceptors (Lipinski definition) is 3. The molecule has 0 aliphatic carbocycles. The minimum absolute atomic E-state index is 0.246. The maximum absolute atomic E-state index is 12.8. The highest BCUT2D eigenvalue weighted by Gasteiger charge is 2.21. The van der Waals surface area contributed by atoms with Gasteiger partial charge in [-0.25, -0.2) is 9.18 Å². The maximum Gasteiger partial charge on any atom is 0.328 e. The Balaban J connectivity index is 2.64. The van der Waals surface area contributed by atoms with Crippen molar-refractivity contribution < 1.29 is 18.7 Å². The summed E-state index contributed by atoms with van der Waals surface area (Å²) >= 11 is 0. The van der Waals surface area contributed by atoms with Crippen molar-refractivity contribution in [1.82, 2.24) is 5.32 Å². The third-order valence-electron chi connectivity index (χ3n) is 2.81. The summed E-state index contributed by atoms with van der Waals surface area (Å²) in [6.45, 7) is 3.91. The molecule has 0 aromatic heterocycles. The molecule has 0 heterocycles. The lowest BCUT2D eigenvalue weighted by Gasteiger charge is -2.17. The van der Waals surface area contributed by atoms with Crippen molar-refractivity contribution in [3.63, 3.8) is 0 Å². The van der Waals surface area contributed by atoms with Crippen LogP contribution in [0.4, 0.5) is 4.39 Å². The summed E-state index contributed by atoms with van der Waals surface area (Å²) < 4.78 is 17.4. The molecule has 1 atom stereocenters. The van der Waals surface area contributed by atoms with E-state index in [4.69, 9.17) is 0 Å². The lowest BCUT2D eigenvalue weighted by atomic mass is 10.0. The molecule has 0 bridgehead atoms. The minimum Gasteiger partial charge on any atom is -0.467 e. The van der Waals surface area contributed by atoms with E-state index >= 15 is 0 Å². The average molecular weight is 293 g/mol. The Kier molecular flexibility index (Phi) is 6.59. The SMILES string of the molecule is COC(=O)[C@H](CC(C)C)NC(=O)/C=C/c1ccc(F)cc1. The molecule has 0 radical (unpaired) electrons. The van der Waals surface area contributed by atoms with Crippen molar-refractivity contribution in [1.29, 1.82) is 0 Å². The molecular weight excluding hydrogens is 273 g/mol. The van der Waals surface area contributed by atoms with Crippen molar-refractivity contribution >= 4 is 18.0 Å². The zero-order chi connectivity index (χ0) is 15.8. The van der Waals surface area contributed by atoms with Gasteiger partial charge in [-0.3, -0.25) is 4.79 Å². The Morgan fingerprint density at radius 2 is 1.90 bits per heavy atom. The highest BCUT2D eigenvalue weighted by molar-refractivity contribution is 5.94. The molecular formula is C16H20FNO3. The average Bonchev–Trinajstić information content (AvgIpc) is 2.44. The molecule has 114 valence electrons. The molecule has 1 N–H and O–H groups in total. The first-order valence-electron chi connectivity index (χ1n) is 6.74. The summed E-state index contributed by atoms with van der Waals surface area (Å²) in [7, 11) is 1.29. The first kappa shape index (κ1) is 16.9. The summed E-state index contributed by atoms with van der Waals surface area (Å²) in [5.74, 6) is -0.947. The Bertz CT molecular complexity index is 509. The number of carbonyl (C=O) groups is 2. The van der Waals surface area contributed by atoms with Gasteiger partial charge in [0.05, 0.1) is 7.11 Å². The minimum atomic E-state index is -0.666. The fourth-order valence-electron chi connectivity index (χ4n) is 1.79. The van der Waals surface area contributed by atoms with Crippen LogP contribution in [0.25, 0.3) is 6.08 Å². The van der Waals surface area contributed by atoms with Gasteiger partial charge in [-0.05, 0) is 36.1 Å². The molecule has 1 aromatic carbocycles. The molecule has 21 heavy (non-hydrogen) atoms. The molecule has 0 fully saturated rings. The number of carbonyl (C=O) groups excluding carboxylic acids is 2. The highest BCUT2D eigenvalue weighted by atomic mass is 19.1. The van der Waals surface area contributed by atoms with Crippen molar-refractivity contribution in [2.24, 2.45) is 5.92 Å². The van der Waals surface area contributed by atoms with Crippen molar-refractivity contribution in [2.75, 3.05) is 7.11 Å². The summed E-state index contributed by atoms with van der Waals surface area (Å²) in [5.41, 5.74) is 0.699. The fourth-order valence-corrected chi connectivity index (χ4v) is 1.79. The Labute approximate surface area is 124 Å². The van der Waals surface area contributed by atoms with Crippen LogP contribution in [0, 0.1) is 11.7 Å². The second-order valence-electron chi connectivity index (χ2n) is 5.10. The fraction of sp³-hybridized carbons (Fsp3) is 0.375. The Morgan fingerprint density at radius 1 is 1.29 bits per heavy atom. The topological polar surface area (TPSA) is 55.4 Å². The third kappa shape index (κ3) is 6.21. The first-order chi connectivity index (χ1) is 9.92. The maximum atomic E-state index is 12.8. The van der Waals surface area contributed by atoms with Gasteiger partial charge in [0.25, 0.3) is 0 Å². The Hall–Kier alpha value is -2.17. The number of hydrogen-bond donors (Lipinski definition) is 1. The number of amides is 1. The number of nitrogens with one attached hydrogen (secondary N) is 1. The number of rotatable bonds is 6. The predicted octanol–water partition coefficient (Wildman–Crippen LogP) is 2.54. The van der Waals surface area contributed by atoms with Gasteiger partial charge in [-0.1, -0.05) is 26.0 Å². The smallest absolute Gasteiger partial charge is 0.328 e. The van der Waals surface area contributed by atoms with Crippen LogP contribution >= 0.6 is 0 Å². The highest BCUT2D eigenvalue weighted by Crippen LogP contribution is 2.07. The molecule has 0 unspecified atom stereocenters. The van der Waals surface area contributed by atoms with Crippen molar-refractivity contribution in [2.45, 2.75) is 26.3 Å². The molecule has 4 nitrogen and oxygen atoms in total. The molecule has 0 saturated heterocycles. The summed E-state index contributed by atoms with van der Waals surface area (Å²) in [4.78, 5) is 23.4. The van der Waals surface area contributed by atoms with Gasteiger partial charge in [0.2, 0.25) is 5.91 Å². The summed E-state index contributed by atoms with van der Waals surface area (Å²) in [5, 5.41) is 2.61. The van der Waals surface area contributed by atoms with Gasteiger partial charge in [0.15, 0.2) is 0 Å². The van der Waals surface area contributed by atoms with Crippen LogP contribution in [0.2, 0.25) is 0 Å². The van der Waals surface area contributed by atoms with E-state index in [0.717, 1.165) is 0 Å². The first-order valence-corrected chi connectivity index (χ1v) is 6.74. The van der Waals surface area contributed by atoms with E-state index in [-0.39, 0.29) is 11.7 Å². The summed E-state index contributed by atoms with van der Waals surface area (Å²) in [6, 6.07) is 5.08. The van der Waals surface area contributed by atoms with Gasteiger partial charge in [-0.15, -0.1) is 0 Å². The second kappa shape index (κ2) is 8.19. The molecule has 0 aliphatic heterocycles. The second-order valence-corrected chi connectivity index (χ2v) is 5.10. The standard InChI is InChI=1S/C16H20FNO3/c1-11(2)10-14(16(20)21-3)18-15(19)9-6-12-4-7-13(17)8-5-12/h4-9,11,14H,10H2,1-3H3,(H,18,19)/b9-6+/t14-/m0/s1. The Morgan fingerprint density at radius 3 is 2.43 bits per heavy atom. The van der Waals surface area contributed by atoms with Crippen LogP contribution in [0.15, 0.2) is 30.3 Å². The van der Waals surface area contributed by atoms with E-state index in [9.17, 15) is 14.0 Å². The lowest BCUT2D eigenvalue weighted by molar-refractivity contribution is -0.145. The zero-order valence-corrected chi connectivity index (χ0v) is 12.4. The van der Waals surface area contributed by atoms with E-state index in [0.29, 0.717) is 12.0 Å². The van der Waals surface area contributed by atoms with E-state index in [2.05, 4.69) is 10.1 Å². The quantitative estimate of drug-likeness (QED) is 0.648. The predicted molar refractivity (Wildman–Crippen MR) is 78.8 cm³/mol. The number of ether oxygens (including phenoxy) is 1.